The Hall–Kier alpha value is -2.16. The number of aromatic nitrogens is 3. The molecular weight excluding hydrogens is 210 g/mol. The molecule has 17 heavy (non-hydrogen) atoms. The van der Waals surface area contributed by atoms with Crippen molar-refractivity contribution in [1.82, 2.24) is 9.55 Å². The van der Waals surface area contributed by atoms with Gasteiger partial charge in [0.15, 0.2) is 0 Å². The van der Waals surface area contributed by atoms with Gasteiger partial charge >= 0.3 is 0 Å². The van der Waals surface area contributed by atoms with Crippen LogP contribution in [0, 0.1) is 6.33 Å². The maximum Gasteiger partial charge on any atom is 0.205 e. The molecule has 0 unspecified atom stereocenters. The van der Waals surface area contributed by atoms with E-state index in [1.165, 1.54) is 11.0 Å². The van der Waals surface area contributed by atoms with Crippen molar-refractivity contribution in [3.63, 3.8) is 0 Å². The van der Waals surface area contributed by atoms with Crippen LogP contribution in [0.4, 0.5) is 0 Å². The maximum atomic E-state index is 4.34. The number of benzene rings is 1. The Bertz CT molecular complexity index is 641. The highest BCUT2D eigenvalue weighted by molar-refractivity contribution is 5.71. The first-order chi connectivity index (χ1) is 8.34. The van der Waals surface area contributed by atoms with E-state index in [1.54, 1.807) is 0 Å². The van der Waals surface area contributed by atoms with Crippen molar-refractivity contribution in [3.8, 4) is 0 Å². The maximum absolute atomic E-state index is 4.34. The summed E-state index contributed by atoms with van der Waals surface area (Å²) < 4.78 is 4.11. The molecule has 1 aromatic carbocycles. The number of pyridine rings is 1. The van der Waals surface area contributed by atoms with Gasteiger partial charge in [-0.05, 0) is 12.1 Å². The normalized spacial score (nSPS) is 10.9. The van der Waals surface area contributed by atoms with Gasteiger partial charge in [0.25, 0.3) is 0 Å². The van der Waals surface area contributed by atoms with Crippen LogP contribution in [-0.4, -0.2) is 9.55 Å². The molecule has 2 heterocycles. The van der Waals surface area contributed by atoms with Crippen LogP contribution in [0.1, 0.15) is 5.69 Å². The minimum Gasteiger partial charge on any atom is -0.347 e. The van der Waals surface area contributed by atoms with Crippen molar-refractivity contribution in [3.05, 3.63) is 60.7 Å². The topological polar surface area (TPSA) is 21.7 Å². The molecule has 0 amide bonds. The Kier molecular flexibility index (Phi) is 2.37. The SMILES string of the molecule is C[n+]1[c-]n(Cc2ccccn2)c2ccccc21. The lowest BCUT2D eigenvalue weighted by Crippen LogP contribution is -2.26. The molecule has 84 valence electrons. The van der Waals surface area contributed by atoms with Crippen LogP contribution < -0.4 is 4.57 Å². The van der Waals surface area contributed by atoms with Gasteiger partial charge in [0.05, 0.1) is 12.7 Å². The molecule has 0 saturated heterocycles. The molecule has 0 aliphatic heterocycles. The molecule has 0 N–H and O–H groups in total. The Morgan fingerprint density at radius 2 is 2.00 bits per heavy atom. The summed E-state index contributed by atoms with van der Waals surface area (Å²) in [6.45, 7) is 0.752. The first-order valence-electron chi connectivity index (χ1n) is 5.61. The van der Waals surface area contributed by atoms with Gasteiger partial charge in [-0.3, -0.25) is 4.98 Å². The third-order valence-electron chi connectivity index (χ3n) is 2.85. The number of imidazole rings is 1. The van der Waals surface area contributed by atoms with Crippen LogP contribution in [0.3, 0.4) is 0 Å². The molecule has 0 fully saturated rings. The van der Waals surface area contributed by atoms with E-state index >= 15 is 0 Å². The molecule has 2 aromatic heterocycles. The number of hydrogen-bond donors (Lipinski definition) is 0. The zero-order chi connectivity index (χ0) is 11.7. The third kappa shape index (κ3) is 1.80. The fourth-order valence-electron chi connectivity index (χ4n) is 2.04. The monoisotopic (exact) mass is 223 g/mol. The minimum atomic E-state index is 0.752. The summed E-state index contributed by atoms with van der Waals surface area (Å²) in [7, 11) is 2.01. The summed E-state index contributed by atoms with van der Waals surface area (Å²) in [4.78, 5) is 4.34. The van der Waals surface area contributed by atoms with E-state index < -0.39 is 0 Å². The van der Waals surface area contributed by atoms with Crippen LogP contribution in [0.25, 0.3) is 11.0 Å². The fraction of sp³-hybridized carbons (Fsp3) is 0.143. The summed E-state index contributed by atoms with van der Waals surface area (Å²) in [6, 6.07) is 14.3. The smallest absolute Gasteiger partial charge is 0.205 e. The predicted octanol–water partition coefficient (Wildman–Crippen LogP) is 1.71. The van der Waals surface area contributed by atoms with E-state index in [2.05, 4.69) is 28.0 Å². The lowest BCUT2D eigenvalue weighted by molar-refractivity contribution is -0.650. The van der Waals surface area contributed by atoms with E-state index in [0.29, 0.717) is 0 Å². The molecule has 0 aliphatic carbocycles. The molecule has 0 bridgehead atoms. The third-order valence-corrected chi connectivity index (χ3v) is 2.85. The number of nitrogens with zero attached hydrogens (tertiary/aromatic N) is 3. The number of hydrogen-bond acceptors (Lipinski definition) is 1. The van der Waals surface area contributed by atoms with E-state index in [9.17, 15) is 0 Å². The number of para-hydroxylation sites is 2. The highest BCUT2D eigenvalue weighted by Crippen LogP contribution is 2.11. The van der Waals surface area contributed by atoms with Gasteiger partial charge < -0.3 is 9.13 Å². The Morgan fingerprint density at radius 3 is 2.82 bits per heavy atom. The quantitative estimate of drug-likeness (QED) is 0.479. The highest BCUT2D eigenvalue weighted by atomic mass is 15.1. The Labute approximate surface area is 100.0 Å². The molecule has 3 rings (SSSR count). The number of fused-ring (bicyclic) bond motifs is 1. The Morgan fingerprint density at radius 1 is 1.18 bits per heavy atom. The molecule has 3 nitrogen and oxygen atoms in total. The van der Waals surface area contributed by atoms with E-state index in [-0.39, 0.29) is 0 Å². The second kappa shape index (κ2) is 4.01. The number of rotatable bonds is 2. The van der Waals surface area contributed by atoms with Gasteiger partial charge in [-0.1, -0.05) is 30.3 Å². The van der Waals surface area contributed by atoms with E-state index in [4.69, 9.17) is 0 Å². The summed E-state index contributed by atoms with van der Waals surface area (Å²) >= 11 is 0. The fourth-order valence-corrected chi connectivity index (χ4v) is 2.04. The van der Waals surface area contributed by atoms with Crippen LogP contribution >= 0.6 is 0 Å². The second-order valence-electron chi connectivity index (χ2n) is 4.05. The van der Waals surface area contributed by atoms with Crippen LogP contribution in [-0.2, 0) is 13.6 Å². The van der Waals surface area contributed by atoms with Gasteiger partial charge in [-0.25, -0.2) is 0 Å². The molecular formula is C14H13N3. The van der Waals surface area contributed by atoms with Gasteiger partial charge in [0.2, 0.25) is 6.33 Å². The summed E-state index contributed by atoms with van der Waals surface area (Å²) in [6.07, 6.45) is 5.11. The lowest BCUT2D eigenvalue weighted by Gasteiger charge is -2.02. The molecule has 3 heteroatoms. The standard InChI is InChI=1S/C14H13N3/c1-16-11-17(10-12-6-4-5-9-15-12)14-8-3-2-7-13(14)16/h2-9H,10H2,1H3. The predicted molar refractivity (Wildman–Crippen MR) is 65.3 cm³/mol. The highest BCUT2D eigenvalue weighted by Gasteiger charge is 2.04. The second-order valence-corrected chi connectivity index (χ2v) is 4.05. The zero-order valence-corrected chi connectivity index (χ0v) is 9.67. The average Bonchev–Trinajstić information content (AvgIpc) is 2.69. The van der Waals surface area contributed by atoms with Crippen LogP contribution in [0.15, 0.2) is 48.7 Å². The van der Waals surface area contributed by atoms with Gasteiger partial charge in [0, 0.05) is 17.2 Å². The van der Waals surface area contributed by atoms with Crippen molar-refractivity contribution in [2.75, 3.05) is 0 Å². The van der Waals surface area contributed by atoms with Crippen molar-refractivity contribution >= 4 is 11.0 Å². The lowest BCUT2D eigenvalue weighted by atomic mass is 10.3. The first kappa shape index (κ1) is 10.0. The van der Waals surface area contributed by atoms with E-state index in [1.807, 2.05) is 48.1 Å². The Balaban J connectivity index is 2.07. The number of aryl methyl sites for hydroxylation is 1. The van der Waals surface area contributed by atoms with Gasteiger partial charge in [-0.2, -0.15) is 0 Å². The molecule has 3 aromatic rings. The van der Waals surface area contributed by atoms with Crippen LogP contribution in [0.2, 0.25) is 0 Å². The summed E-state index contributed by atoms with van der Waals surface area (Å²) in [5.41, 5.74) is 3.41. The van der Waals surface area contributed by atoms with Crippen molar-refractivity contribution in [2.24, 2.45) is 7.05 Å². The van der Waals surface area contributed by atoms with Crippen molar-refractivity contribution in [1.29, 1.82) is 0 Å². The largest absolute Gasteiger partial charge is 0.347 e. The zero-order valence-electron chi connectivity index (χ0n) is 9.67. The molecule has 0 spiro atoms. The molecule has 0 atom stereocenters. The van der Waals surface area contributed by atoms with Gasteiger partial charge in [-0.15, -0.1) is 0 Å². The molecule has 0 saturated carbocycles. The summed E-state index contributed by atoms with van der Waals surface area (Å²) in [5, 5.41) is 0. The van der Waals surface area contributed by atoms with Crippen LogP contribution in [0.5, 0.6) is 0 Å². The summed E-state index contributed by atoms with van der Waals surface area (Å²) in [5.74, 6) is 0. The molecule has 0 aliphatic rings. The molecule has 0 radical (unpaired) electrons. The van der Waals surface area contributed by atoms with Crippen molar-refractivity contribution in [2.45, 2.75) is 6.54 Å². The van der Waals surface area contributed by atoms with Crippen molar-refractivity contribution < 1.29 is 4.57 Å². The minimum absolute atomic E-state index is 0.752. The first-order valence-corrected chi connectivity index (χ1v) is 5.61. The average molecular weight is 223 g/mol. The van der Waals surface area contributed by atoms with E-state index in [0.717, 1.165) is 12.2 Å². The van der Waals surface area contributed by atoms with Gasteiger partial charge in [0.1, 0.15) is 6.54 Å².